The van der Waals surface area contributed by atoms with Crippen LogP contribution in [0.15, 0.2) is 30.0 Å². The largest absolute Gasteiger partial charge is 0.406 e. The van der Waals surface area contributed by atoms with Crippen molar-refractivity contribution >= 4 is 29.3 Å². The van der Waals surface area contributed by atoms with Gasteiger partial charge >= 0.3 is 0 Å². The Hall–Kier alpha value is -2.06. The number of fused-ring (bicyclic) bond motifs is 4. The van der Waals surface area contributed by atoms with Crippen molar-refractivity contribution in [1.29, 1.82) is 0 Å². The topological polar surface area (TPSA) is 70.7 Å². The van der Waals surface area contributed by atoms with Crippen molar-refractivity contribution in [3.8, 4) is 0 Å². The maximum absolute atomic E-state index is 13.7. The summed E-state index contributed by atoms with van der Waals surface area (Å²) < 4.78 is 13.7. The number of allylic oxidation sites excluding steroid dienone is 1. The minimum absolute atomic E-state index is 0.0760. The van der Waals surface area contributed by atoms with Gasteiger partial charge in [-0.05, 0) is 31.2 Å². The summed E-state index contributed by atoms with van der Waals surface area (Å²) in [5.74, 6) is -0.345. The van der Waals surface area contributed by atoms with Gasteiger partial charge in [-0.1, -0.05) is 5.06 Å². The van der Waals surface area contributed by atoms with Crippen LogP contribution < -0.4 is 10.6 Å². The van der Waals surface area contributed by atoms with Crippen LogP contribution in [0.1, 0.15) is 12.5 Å². The third-order valence-corrected chi connectivity index (χ3v) is 5.23. The van der Waals surface area contributed by atoms with Crippen LogP contribution in [0, 0.1) is 5.82 Å². The minimum atomic E-state index is -1.30. The Balaban J connectivity index is 1.91. The number of rotatable bonds is 0. The first kappa shape index (κ1) is 13.6. The van der Waals surface area contributed by atoms with E-state index in [0.29, 0.717) is 17.0 Å². The number of halogens is 1. The van der Waals surface area contributed by atoms with Gasteiger partial charge in [-0.15, -0.1) is 11.8 Å². The summed E-state index contributed by atoms with van der Waals surface area (Å²) in [6.45, 7) is 1.73. The Morgan fingerprint density at radius 1 is 1.45 bits per heavy atom. The van der Waals surface area contributed by atoms with Gasteiger partial charge in [0.15, 0.2) is 0 Å². The quantitative estimate of drug-likeness (QED) is 0.753. The molecule has 2 N–H and O–H groups in total. The molecule has 114 valence electrons. The number of hydrogen-bond donors (Lipinski definition) is 2. The Labute approximate surface area is 129 Å². The maximum Gasteiger partial charge on any atom is 0.263 e. The zero-order chi connectivity index (χ0) is 15.5. The predicted molar refractivity (Wildman–Crippen MR) is 77.8 cm³/mol. The van der Waals surface area contributed by atoms with Gasteiger partial charge in [0.1, 0.15) is 17.7 Å². The molecule has 2 amide bonds. The molecule has 3 aliphatic heterocycles. The Kier molecular flexibility index (Phi) is 2.76. The highest BCUT2D eigenvalue weighted by molar-refractivity contribution is 8.01. The summed E-state index contributed by atoms with van der Waals surface area (Å²) in [7, 11) is 0. The number of hydrogen-bond acceptors (Lipinski definition) is 5. The molecule has 3 aliphatic rings. The van der Waals surface area contributed by atoms with Crippen molar-refractivity contribution < 1.29 is 18.8 Å². The second-order valence-corrected chi connectivity index (χ2v) is 6.45. The van der Waals surface area contributed by atoms with E-state index in [1.165, 1.54) is 23.3 Å². The van der Waals surface area contributed by atoms with Crippen LogP contribution in [0.25, 0.3) is 0 Å². The van der Waals surface area contributed by atoms with E-state index in [-0.39, 0.29) is 17.6 Å². The molecule has 2 unspecified atom stereocenters. The molecule has 3 heterocycles. The lowest BCUT2D eigenvalue weighted by molar-refractivity contribution is -0.176. The van der Waals surface area contributed by atoms with E-state index >= 15 is 0 Å². The molecule has 8 heteroatoms. The van der Waals surface area contributed by atoms with Crippen molar-refractivity contribution in [2.75, 3.05) is 11.1 Å². The van der Waals surface area contributed by atoms with E-state index < -0.39 is 16.9 Å². The number of nitrogens with one attached hydrogen (secondary N) is 2. The summed E-state index contributed by atoms with van der Waals surface area (Å²) in [4.78, 5) is 29.0. The second-order valence-electron chi connectivity index (χ2n) is 5.28. The highest BCUT2D eigenvalue weighted by Crippen LogP contribution is 2.51. The number of carbonyl (C=O) groups is 2. The van der Waals surface area contributed by atoms with Gasteiger partial charge in [-0.3, -0.25) is 9.59 Å². The monoisotopic (exact) mass is 321 g/mol. The van der Waals surface area contributed by atoms with Crippen LogP contribution in [-0.2, 0) is 19.3 Å². The standard InChI is InChI=1S/C14H12FN3O3S/c1-7-4-11-17-12(19)6-22-14(18(11)21-7)9-5-8(15)2-3-10(9)16-13(14)20/h2-5,11H,6H2,1H3,(H,16,20)(H,17,19). The van der Waals surface area contributed by atoms with Gasteiger partial charge in [-0.25, -0.2) is 4.39 Å². The number of amides is 2. The Bertz CT molecular complexity index is 738. The molecule has 2 atom stereocenters. The first-order chi connectivity index (χ1) is 10.5. The fourth-order valence-electron chi connectivity index (χ4n) is 2.93. The lowest BCUT2D eigenvalue weighted by Gasteiger charge is -2.35. The molecule has 1 spiro atoms. The smallest absolute Gasteiger partial charge is 0.263 e. The lowest BCUT2D eigenvalue weighted by Crippen LogP contribution is -2.53. The molecule has 1 aromatic rings. The number of carbonyl (C=O) groups excluding carboxylic acids is 2. The van der Waals surface area contributed by atoms with E-state index in [0.717, 1.165) is 11.8 Å². The normalized spacial score (nSPS) is 30.1. The highest BCUT2D eigenvalue weighted by atomic mass is 32.2. The molecule has 1 fully saturated rings. The number of thioether (sulfide) groups is 1. The average molecular weight is 321 g/mol. The second kappa shape index (κ2) is 4.47. The van der Waals surface area contributed by atoms with Crippen LogP contribution in [-0.4, -0.2) is 28.8 Å². The lowest BCUT2D eigenvalue weighted by atomic mass is 10.1. The van der Waals surface area contributed by atoms with Gasteiger partial charge < -0.3 is 15.5 Å². The molecule has 0 aromatic heterocycles. The van der Waals surface area contributed by atoms with Crippen LogP contribution in [0.5, 0.6) is 0 Å². The SMILES string of the molecule is CC1=CC2NC(=O)CSC3(C(=O)Nc4ccc(F)cc43)N2O1. The van der Waals surface area contributed by atoms with Gasteiger partial charge in [-0.2, -0.15) is 0 Å². The van der Waals surface area contributed by atoms with Gasteiger partial charge in [0, 0.05) is 11.3 Å². The molecule has 22 heavy (non-hydrogen) atoms. The summed E-state index contributed by atoms with van der Waals surface area (Å²) in [5, 5.41) is 6.95. The zero-order valence-corrected chi connectivity index (χ0v) is 12.4. The molecular formula is C14H12FN3O3S. The van der Waals surface area contributed by atoms with E-state index in [1.807, 2.05) is 0 Å². The zero-order valence-electron chi connectivity index (χ0n) is 11.6. The first-order valence-corrected chi connectivity index (χ1v) is 7.70. The predicted octanol–water partition coefficient (Wildman–Crippen LogP) is 1.27. The average Bonchev–Trinajstić information content (AvgIpc) is 2.90. The van der Waals surface area contributed by atoms with Crippen molar-refractivity contribution in [3.05, 3.63) is 41.4 Å². The Morgan fingerprint density at radius 3 is 3.09 bits per heavy atom. The summed E-state index contributed by atoms with van der Waals surface area (Å²) in [6.07, 6.45) is 1.15. The van der Waals surface area contributed by atoms with Gasteiger partial charge in [0.25, 0.3) is 5.91 Å². The van der Waals surface area contributed by atoms with Crippen LogP contribution in [0.4, 0.5) is 10.1 Å². The Morgan fingerprint density at radius 2 is 2.27 bits per heavy atom. The molecule has 1 saturated heterocycles. The number of benzene rings is 1. The molecule has 0 saturated carbocycles. The van der Waals surface area contributed by atoms with Crippen molar-refractivity contribution in [1.82, 2.24) is 10.4 Å². The first-order valence-electron chi connectivity index (χ1n) is 6.71. The van der Waals surface area contributed by atoms with Crippen LogP contribution in [0.2, 0.25) is 0 Å². The van der Waals surface area contributed by atoms with Crippen LogP contribution >= 0.6 is 11.8 Å². The fourth-order valence-corrected chi connectivity index (χ4v) is 4.14. The molecule has 6 nitrogen and oxygen atoms in total. The number of hydroxylamine groups is 2. The van der Waals surface area contributed by atoms with E-state index in [1.54, 1.807) is 13.0 Å². The van der Waals surface area contributed by atoms with E-state index in [2.05, 4.69) is 10.6 Å². The molecule has 4 rings (SSSR count). The maximum atomic E-state index is 13.7. The van der Waals surface area contributed by atoms with Crippen molar-refractivity contribution in [3.63, 3.8) is 0 Å². The summed E-state index contributed by atoms with van der Waals surface area (Å²) >= 11 is 1.12. The van der Waals surface area contributed by atoms with Gasteiger partial charge in [0.05, 0.1) is 5.75 Å². The fraction of sp³-hybridized carbons (Fsp3) is 0.286. The summed E-state index contributed by atoms with van der Waals surface area (Å²) in [6, 6.07) is 4.11. The minimum Gasteiger partial charge on any atom is -0.406 e. The van der Waals surface area contributed by atoms with Crippen molar-refractivity contribution in [2.24, 2.45) is 0 Å². The molecule has 0 aliphatic carbocycles. The number of nitrogens with zero attached hydrogens (tertiary/aromatic N) is 1. The molecular weight excluding hydrogens is 309 g/mol. The summed E-state index contributed by atoms with van der Waals surface area (Å²) in [5.41, 5.74) is 0.993. The van der Waals surface area contributed by atoms with Gasteiger partial charge in [0.2, 0.25) is 10.8 Å². The molecule has 0 bridgehead atoms. The molecule has 0 radical (unpaired) electrons. The van der Waals surface area contributed by atoms with E-state index in [9.17, 15) is 14.0 Å². The third kappa shape index (κ3) is 1.71. The van der Waals surface area contributed by atoms with E-state index in [4.69, 9.17) is 4.84 Å². The number of anilines is 1. The highest BCUT2D eigenvalue weighted by Gasteiger charge is 2.58. The third-order valence-electron chi connectivity index (χ3n) is 3.82. The van der Waals surface area contributed by atoms with Crippen molar-refractivity contribution in [2.45, 2.75) is 18.0 Å². The molecule has 1 aromatic carbocycles. The van der Waals surface area contributed by atoms with Crippen LogP contribution in [0.3, 0.4) is 0 Å².